The van der Waals surface area contributed by atoms with Crippen molar-refractivity contribution >= 4 is 38.9 Å². The fourth-order valence-corrected chi connectivity index (χ4v) is 2.42. The van der Waals surface area contributed by atoms with Crippen LogP contribution in [0.4, 0.5) is 4.79 Å². The average molecular weight is 354 g/mol. The molecule has 1 heterocycles. The van der Waals surface area contributed by atoms with Crippen molar-refractivity contribution in [2.75, 3.05) is 7.11 Å². The van der Waals surface area contributed by atoms with E-state index < -0.39 is 17.7 Å². The fourth-order valence-electron chi connectivity index (χ4n) is 1.90. The number of aromatic nitrogens is 1. The molecule has 21 heavy (non-hydrogen) atoms. The van der Waals surface area contributed by atoms with Gasteiger partial charge in [0, 0.05) is 16.1 Å². The van der Waals surface area contributed by atoms with Gasteiger partial charge in [0.2, 0.25) is 0 Å². The Balaban J connectivity index is 2.49. The Bertz CT molecular complexity index is 712. The predicted molar refractivity (Wildman–Crippen MR) is 82.6 cm³/mol. The van der Waals surface area contributed by atoms with Crippen molar-refractivity contribution in [1.82, 2.24) is 4.57 Å². The largest absolute Gasteiger partial charge is 0.465 e. The number of benzene rings is 1. The van der Waals surface area contributed by atoms with E-state index in [1.165, 1.54) is 11.7 Å². The third-order valence-corrected chi connectivity index (χ3v) is 3.40. The molecular formula is C15H16BrNO4. The molecule has 0 aliphatic heterocycles. The van der Waals surface area contributed by atoms with Crippen LogP contribution < -0.4 is 0 Å². The number of esters is 1. The maximum atomic E-state index is 12.2. The van der Waals surface area contributed by atoms with Crippen LogP contribution in [0.1, 0.15) is 31.1 Å². The van der Waals surface area contributed by atoms with Crippen LogP contribution in [0.15, 0.2) is 28.9 Å². The van der Waals surface area contributed by atoms with Gasteiger partial charge < -0.3 is 9.47 Å². The summed E-state index contributed by atoms with van der Waals surface area (Å²) >= 11 is 3.39. The first-order valence-electron chi connectivity index (χ1n) is 6.35. The Morgan fingerprint density at radius 2 is 1.90 bits per heavy atom. The molecule has 0 atom stereocenters. The van der Waals surface area contributed by atoms with Gasteiger partial charge in [-0.25, -0.2) is 9.59 Å². The number of ether oxygens (including phenoxy) is 2. The predicted octanol–water partition coefficient (Wildman–Crippen LogP) is 3.97. The maximum absolute atomic E-state index is 12.2. The molecule has 0 radical (unpaired) electrons. The van der Waals surface area contributed by atoms with Crippen LogP contribution in [0.3, 0.4) is 0 Å². The molecule has 0 saturated heterocycles. The molecule has 1 aromatic carbocycles. The summed E-state index contributed by atoms with van der Waals surface area (Å²) in [5, 5.41) is 0.740. The van der Waals surface area contributed by atoms with Gasteiger partial charge in [0.15, 0.2) is 0 Å². The summed E-state index contributed by atoms with van der Waals surface area (Å²) in [6.07, 6.45) is 1.16. The van der Waals surface area contributed by atoms with E-state index in [0.29, 0.717) is 15.6 Å². The number of halogens is 1. The van der Waals surface area contributed by atoms with E-state index in [1.54, 1.807) is 45.2 Å². The van der Waals surface area contributed by atoms with Crippen LogP contribution in [-0.4, -0.2) is 29.3 Å². The van der Waals surface area contributed by atoms with E-state index in [9.17, 15) is 9.59 Å². The van der Waals surface area contributed by atoms with E-state index in [0.717, 1.165) is 5.39 Å². The van der Waals surface area contributed by atoms with Gasteiger partial charge in [-0.05, 0) is 54.9 Å². The highest BCUT2D eigenvalue weighted by Crippen LogP contribution is 2.28. The molecule has 0 bridgehead atoms. The summed E-state index contributed by atoms with van der Waals surface area (Å²) in [5.74, 6) is -0.422. The zero-order chi connectivity index (χ0) is 15.8. The van der Waals surface area contributed by atoms with Crippen molar-refractivity contribution < 1.29 is 19.1 Å². The lowest BCUT2D eigenvalue weighted by molar-refractivity contribution is 0.0543. The number of carbonyl (C=O) groups is 2. The summed E-state index contributed by atoms with van der Waals surface area (Å²) in [6.45, 7) is 5.42. The summed E-state index contributed by atoms with van der Waals surface area (Å²) < 4.78 is 12.2. The monoisotopic (exact) mass is 353 g/mol. The maximum Gasteiger partial charge on any atom is 0.419 e. The first kappa shape index (κ1) is 15.6. The molecule has 0 fully saturated rings. The minimum absolute atomic E-state index is 0.422. The van der Waals surface area contributed by atoms with Crippen molar-refractivity contribution in [1.29, 1.82) is 0 Å². The van der Waals surface area contributed by atoms with Crippen molar-refractivity contribution in [3.8, 4) is 0 Å². The zero-order valence-electron chi connectivity index (χ0n) is 12.3. The molecule has 2 rings (SSSR count). The van der Waals surface area contributed by atoms with Gasteiger partial charge in [0.1, 0.15) is 5.60 Å². The SMILES string of the molecule is COC(=O)c1ccc2c(c1)c(Br)cn2C(=O)OC(C)(C)C. The van der Waals surface area contributed by atoms with Crippen molar-refractivity contribution in [3.63, 3.8) is 0 Å². The number of fused-ring (bicyclic) bond motifs is 1. The summed E-state index contributed by atoms with van der Waals surface area (Å²) in [4.78, 5) is 23.8. The van der Waals surface area contributed by atoms with Gasteiger partial charge in [-0.1, -0.05) is 0 Å². The summed E-state index contributed by atoms with van der Waals surface area (Å²) in [7, 11) is 1.33. The quantitative estimate of drug-likeness (QED) is 0.727. The molecule has 0 amide bonds. The second-order valence-corrected chi connectivity index (χ2v) is 6.41. The highest BCUT2D eigenvalue weighted by Gasteiger charge is 2.21. The molecule has 0 N–H and O–H groups in total. The minimum Gasteiger partial charge on any atom is -0.465 e. The normalized spacial score (nSPS) is 11.5. The molecule has 112 valence electrons. The number of methoxy groups -OCH3 is 1. The van der Waals surface area contributed by atoms with Crippen molar-refractivity contribution in [2.24, 2.45) is 0 Å². The third-order valence-electron chi connectivity index (χ3n) is 2.77. The highest BCUT2D eigenvalue weighted by molar-refractivity contribution is 9.10. The highest BCUT2D eigenvalue weighted by atomic mass is 79.9. The van der Waals surface area contributed by atoms with E-state index >= 15 is 0 Å². The summed E-state index contributed by atoms with van der Waals surface area (Å²) in [5.41, 5.74) is 0.503. The molecule has 1 aromatic heterocycles. The fraction of sp³-hybridized carbons (Fsp3) is 0.333. The Hall–Kier alpha value is -1.82. The topological polar surface area (TPSA) is 57.5 Å². The Kier molecular flexibility index (Phi) is 4.09. The van der Waals surface area contributed by atoms with Gasteiger partial charge in [-0.3, -0.25) is 4.57 Å². The van der Waals surface area contributed by atoms with Crippen LogP contribution in [-0.2, 0) is 9.47 Å². The summed E-state index contributed by atoms with van der Waals surface area (Å²) in [6, 6.07) is 4.98. The number of hydrogen-bond donors (Lipinski definition) is 0. The van der Waals surface area contributed by atoms with Crippen LogP contribution in [0.25, 0.3) is 10.9 Å². The minimum atomic E-state index is -0.577. The van der Waals surface area contributed by atoms with E-state index in [4.69, 9.17) is 9.47 Å². The number of rotatable bonds is 1. The second kappa shape index (κ2) is 5.52. The zero-order valence-corrected chi connectivity index (χ0v) is 13.9. The van der Waals surface area contributed by atoms with Gasteiger partial charge in [-0.15, -0.1) is 0 Å². The van der Waals surface area contributed by atoms with Crippen LogP contribution >= 0.6 is 15.9 Å². The first-order valence-corrected chi connectivity index (χ1v) is 7.14. The molecule has 0 unspecified atom stereocenters. The van der Waals surface area contributed by atoms with Crippen LogP contribution in [0.2, 0.25) is 0 Å². The average Bonchev–Trinajstić information content (AvgIpc) is 2.73. The Labute approximate surface area is 131 Å². The van der Waals surface area contributed by atoms with E-state index in [2.05, 4.69) is 15.9 Å². The first-order chi connectivity index (χ1) is 9.73. The van der Waals surface area contributed by atoms with Gasteiger partial charge in [0.05, 0.1) is 18.2 Å². The molecule has 0 spiro atoms. The van der Waals surface area contributed by atoms with Crippen LogP contribution in [0.5, 0.6) is 0 Å². The van der Waals surface area contributed by atoms with Crippen LogP contribution in [0, 0.1) is 0 Å². The molecular weight excluding hydrogens is 338 g/mol. The number of nitrogens with zero attached hydrogens (tertiary/aromatic N) is 1. The third kappa shape index (κ3) is 3.26. The van der Waals surface area contributed by atoms with Gasteiger partial charge >= 0.3 is 12.1 Å². The van der Waals surface area contributed by atoms with E-state index in [-0.39, 0.29) is 0 Å². The molecule has 2 aromatic rings. The second-order valence-electron chi connectivity index (χ2n) is 5.55. The lowest BCUT2D eigenvalue weighted by Gasteiger charge is -2.19. The lowest BCUT2D eigenvalue weighted by Crippen LogP contribution is -2.26. The lowest BCUT2D eigenvalue weighted by atomic mass is 10.1. The Morgan fingerprint density at radius 1 is 1.24 bits per heavy atom. The van der Waals surface area contributed by atoms with Gasteiger partial charge in [-0.2, -0.15) is 0 Å². The molecule has 6 heteroatoms. The van der Waals surface area contributed by atoms with Gasteiger partial charge in [0.25, 0.3) is 0 Å². The molecule has 5 nitrogen and oxygen atoms in total. The number of carbonyl (C=O) groups excluding carboxylic acids is 2. The standard InChI is InChI=1S/C15H16BrNO4/c1-15(2,3)21-14(19)17-8-11(16)10-7-9(13(18)20-4)5-6-12(10)17/h5-8H,1-4H3. The molecule has 0 aliphatic carbocycles. The van der Waals surface area contributed by atoms with E-state index in [1.807, 2.05) is 0 Å². The Morgan fingerprint density at radius 3 is 2.48 bits per heavy atom. The molecule has 0 saturated carbocycles. The molecule has 0 aliphatic rings. The van der Waals surface area contributed by atoms with Crippen molar-refractivity contribution in [3.05, 3.63) is 34.4 Å². The smallest absolute Gasteiger partial charge is 0.419 e. The van der Waals surface area contributed by atoms with Crippen molar-refractivity contribution in [2.45, 2.75) is 26.4 Å². The number of hydrogen-bond acceptors (Lipinski definition) is 4.